The second kappa shape index (κ2) is 10.6. The van der Waals surface area contributed by atoms with Crippen molar-refractivity contribution in [1.82, 2.24) is 0 Å². The van der Waals surface area contributed by atoms with Gasteiger partial charge in [-0.25, -0.2) is 0 Å². The van der Waals surface area contributed by atoms with Gasteiger partial charge in [-0.2, -0.15) is 0 Å². The first kappa shape index (κ1) is 29.6. The molecule has 4 heteroatoms. The molecule has 0 aliphatic heterocycles. The lowest BCUT2D eigenvalue weighted by Crippen LogP contribution is -2.46. The van der Waals surface area contributed by atoms with Crippen LogP contribution in [0.3, 0.4) is 0 Å². The standard InChI is InChI=1S/C35H50O4/c1-21(2)25-13-11-17-34(19-25,23(5)6)38-31(36)29-27-15-16-28(33(27,9)10)30(29)32(37)39-35(24(7)8)18-12-14-26(20-35)22(3)4/h11-16,19-24,27-30H,17-18H2,1-10H3. The molecule has 0 radical (unpaired) electrons. The zero-order valence-corrected chi connectivity index (χ0v) is 25.8. The van der Waals surface area contributed by atoms with E-state index < -0.39 is 23.0 Å². The second-order valence-corrected chi connectivity index (χ2v) is 14.2. The maximum absolute atomic E-state index is 14.2. The smallest absolute Gasteiger partial charge is 0.311 e. The third kappa shape index (κ3) is 5.13. The van der Waals surface area contributed by atoms with E-state index in [4.69, 9.17) is 9.47 Å². The summed E-state index contributed by atoms with van der Waals surface area (Å²) < 4.78 is 13.0. The molecule has 0 aromatic carbocycles. The minimum atomic E-state index is -0.711. The van der Waals surface area contributed by atoms with Crippen molar-refractivity contribution < 1.29 is 19.1 Å². The number of ether oxygens (including phenoxy) is 2. The normalized spacial score (nSPS) is 34.7. The van der Waals surface area contributed by atoms with Crippen molar-refractivity contribution in [3.63, 3.8) is 0 Å². The molecule has 6 unspecified atom stereocenters. The van der Waals surface area contributed by atoms with Gasteiger partial charge < -0.3 is 9.47 Å². The van der Waals surface area contributed by atoms with Gasteiger partial charge in [-0.3, -0.25) is 9.59 Å². The summed E-state index contributed by atoms with van der Waals surface area (Å²) in [5, 5.41) is 0. The van der Waals surface area contributed by atoms with Crippen molar-refractivity contribution in [1.29, 1.82) is 0 Å². The SMILES string of the molecule is CC(C)C1=CC(OC(=O)C2C(C(=O)OC3(C(C)C)C=C(C(C)C)C=CC3)C3C=CC2C3(C)C)(C(C)C)CC=C1. The lowest BCUT2D eigenvalue weighted by atomic mass is 9.78. The molecule has 39 heavy (non-hydrogen) atoms. The maximum atomic E-state index is 14.2. The average Bonchev–Trinajstić information content (AvgIpc) is 3.28. The number of esters is 2. The van der Waals surface area contributed by atoms with Crippen LogP contribution in [-0.2, 0) is 19.1 Å². The van der Waals surface area contributed by atoms with E-state index in [0.717, 1.165) is 0 Å². The van der Waals surface area contributed by atoms with Crippen LogP contribution < -0.4 is 0 Å². The zero-order chi connectivity index (χ0) is 28.9. The number of carbonyl (C=O) groups excluding carboxylic acids is 2. The lowest BCUT2D eigenvalue weighted by molar-refractivity contribution is -0.177. The molecule has 0 saturated heterocycles. The molecule has 1 fully saturated rings. The van der Waals surface area contributed by atoms with Gasteiger partial charge in [-0.1, -0.05) is 106 Å². The molecule has 4 aliphatic rings. The van der Waals surface area contributed by atoms with Crippen molar-refractivity contribution in [3.8, 4) is 0 Å². The predicted molar refractivity (Wildman–Crippen MR) is 158 cm³/mol. The maximum Gasteiger partial charge on any atom is 0.311 e. The third-order valence-electron chi connectivity index (χ3n) is 10.1. The molecule has 2 bridgehead atoms. The van der Waals surface area contributed by atoms with Gasteiger partial charge in [0.15, 0.2) is 0 Å². The fourth-order valence-electron chi connectivity index (χ4n) is 7.10. The summed E-state index contributed by atoms with van der Waals surface area (Å²) in [5.41, 5.74) is 0.725. The van der Waals surface area contributed by atoms with Crippen LogP contribution in [0.5, 0.6) is 0 Å². The van der Waals surface area contributed by atoms with Crippen molar-refractivity contribution in [2.45, 2.75) is 93.3 Å². The first-order chi connectivity index (χ1) is 18.1. The quantitative estimate of drug-likeness (QED) is 0.234. The summed E-state index contributed by atoms with van der Waals surface area (Å²) in [6.45, 7) is 21.4. The summed E-state index contributed by atoms with van der Waals surface area (Å²) in [7, 11) is 0. The van der Waals surface area contributed by atoms with E-state index in [2.05, 4.69) is 118 Å². The highest BCUT2D eigenvalue weighted by molar-refractivity contribution is 5.85. The van der Waals surface area contributed by atoms with Crippen LogP contribution >= 0.6 is 0 Å². The summed E-state index contributed by atoms with van der Waals surface area (Å²) in [5.74, 6) is -0.904. The molecule has 6 atom stereocenters. The molecule has 4 nitrogen and oxygen atoms in total. The van der Waals surface area contributed by atoms with E-state index in [1.165, 1.54) is 11.1 Å². The molecular weight excluding hydrogens is 484 g/mol. The van der Waals surface area contributed by atoms with Gasteiger partial charge in [0.25, 0.3) is 0 Å². The zero-order valence-electron chi connectivity index (χ0n) is 25.8. The summed E-state index contributed by atoms with van der Waals surface area (Å²) in [4.78, 5) is 28.4. The molecule has 0 heterocycles. The van der Waals surface area contributed by atoms with E-state index in [9.17, 15) is 9.59 Å². The number of allylic oxidation sites excluding steroid dienone is 6. The molecule has 4 aliphatic carbocycles. The topological polar surface area (TPSA) is 52.6 Å². The Morgan fingerprint density at radius 1 is 0.692 bits per heavy atom. The van der Waals surface area contributed by atoms with Crippen LogP contribution in [-0.4, -0.2) is 23.1 Å². The van der Waals surface area contributed by atoms with Crippen molar-refractivity contribution >= 4 is 11.9 Å². The number of fused-ring (bicyclic) bond motifs is 2. The van der Waals surface area contributed by atoms with Crippen LogP contribution in [0.25, 0.3) is 0 Å². The van der Waals surface area contributed by atoms with Crippen LogP contribution in [0.2, 0.25) is 0 Å². The Bertz CT molecular complexity index is 1040. The minimum Gasteiger partial charge on any atom is -0.454 e. The van der Waals surface area contributed by atoms with Gasteiger partial charge in [0.1, 0.15) is 11.2 Å². The van der Waals surface area contributed by atoms with Gasteiger partial charge in [0.2, 0.25) is 0 Å². The highest BCUT2D eigenvalue weighted by atomic mass is 16.6. The first-order valence-electron chi connectivity index (χ1n) is 15.1. The van der Waals surface area contributed by atoms with E-state index >= 15 is 0 Å². The fourth-order valence-corrected chi connectivity index (χ4v) is 7.10. The Kier molecular flexibility index (Phi) is 8.02. The predicted octanol–water partition coefficient (Wildman–Crippen LogP) is 8.02. The summed E-state index contributed by atoms with van der Waals surface area (Å²) >= 11 is 0. The van der Waals surface area contributed by atoms with Crippen LogP contribution in [0.4, 0.5) is 0 Å². The van der Waals surface area contributed by atoms with Gasteiger partial charge in [0.05, 0.1) is 11.8 Å². The molecule has 0 spiro atoms. The van der Waals surface area contributed by atoms with Gasteiger partial charge in [0, 0.05) is 12.8 Å². The molecule has 1 saturated carbocycles. The van der Waals surface area contributed by atoms with E-state index in [-0.39, 0.29) is 41.0 Å². The number of carbonyl (C=O) groups is 2. The Hall–Kier alpha value is -2.36. The van der Waals surface area contributed by atoms with Gasteiger partial charge >= 0.3 is 11.9 Å². The Morgan fingerprint density at radius 2 is 1.05 bits per heavy atom. The molecule has 0 N–H and O–H groups in total. The van der Waals surface area contributed by atoms with Crippen molar-refractivity contribution in [2.75, 3.05) is 0 Å². The summed E-state index contributed by atoms with van der Waals surface area (Å²) in [6.07, 6.45) is 18.4. The summed E-state index contributed by atoms with van der Waals surface area (Å²) in [6, 6.07) is 0. The van der Waals surface area contributed by atoms with E-state index in [0.29, 0.717) is 24.7 Å². The fraction of sp³-hybridized carbons (Fsp3) is 0.657. The van der Waals surface area contributed by atoms with Crippen LogP contribution in [0.15, 0.2) is 59.8 Å². The number of hydrogen-bond donors (Lipinski definition) is 0. The van der Waals surface area contributed by atoms with Gasteiger partial charge in [-0.05, 0) is 64.2 Å². The molecule has 0 aromatic heterocycles. The van der Waals surface area contributed by atoms with Crippen LogP contribution in [0, 0.1) is 52.8 Å². The Balaban J connectivity index is 1.67. The first-order valence-corrected chi connectivity index (χ1v) is 15.1. The highest BCUT2D eigenvalue weighted by Crippen LogP contribution is 2.60. The number of hydrogen-bond acceptors (Lipinski definition) is 4. The third-order valence-corrected chi connectivity index (χ3v) is 10.1. The largest absolute Gasteiger partial charge is 0.454 e. The second-order valence-electron chi connectivity index (χ2n) is 14.2. The van der Waals surface area contributed by atoms with Gasteiger partial charge in [-0.15, -0.1) is 0 Å². The lowest BCUT2D eigenvalue weighted by Gasteiger charge is -2.40. The monoisotopic (exact) mass is 534 g/mol. The highest BCUT2D eigenvalue weighted by Gasteiger charge is 2.63. The van der Waals surface area contributed by atoms with Crippen molar-refractivity contribution in [3.05, 3.63) is 59.8 Å². The number of rotatable bonds is 8. The van der Waals surface area contributed by atoms with Crippen LogP contribution in [0.1, 0.15) is 82.1 Å². The molecular formula is C35H50O4. The van der Waals surface area contributed by atoms with E-state index in [1.54, 1.807) is 0 Å². The average molecular weight is 535 g/mol. The molecule has 4 rings (SSSR count). The minimum absolute atomic E-state index is 0.0625. The Morgan fingerprint density at radius 3 is 1.36 bits per heavy atom. The van der Waals surface area contributed by atoms with Crippen molar-refractivity contribution in [2.24, 2.45) is 52.8 Å². The molecule has 0 aromatic rings. The molecule has 0 amide bonds. The van der Waals surface area contributed by atoms with E-state index in [1.807, 2.05) is 0 Å². The molecule has 214 valence electrons. The Labute approximate surface area is 236 Å².